The van der Waals surface area contributed by atoms with Gasteiger partial charge in [-0.15, -0.1) is 28.1 Å². The number of hydrogen-bond donors (Lipinski definition) is 1. The van der Waals surface area contributed by atoms with E-state index in [1.807, 2.05) is 6.07 Å². The molecule has 0 aliphatic rings. The van der Waals surface area contributed by atoms with Crippen LogP contribution in [0.5, 0.6) is 0 Å². The first-order valence-corrected chi connectivity index (χ1v) is 13.0. The van der Waals surface area contributed by atoms with Gasteiger partial charge in [0.25, 0.3) is 5.69 Å². The number of carbonyl (C=O) groups is 1. The van der Waals surface area contributed by atoms with Gasteiger partial charge in [0.1, 0.15) is 0 Å². The zero-order valence-corrected chi connectivity index (χ0v) is 21.7. The third-order valence-electron chi connectivity index (χ3n) is 4.86. The van der Waals surface area contributed by atoms with Gasteiger partial charge in [-0.3, -0.25) is 19.5 Å². The molecule has 0 fully saturated rings. The lowest BCUT2D eigenvalue weighted by Crippen LogP contribution is -2.14. The number of hydrogen-bond acceptors (Lipinski definition) is 8. The van der Waals surface area contributed by atoms with Crippen LogP contribution in [-0.4, -0.2) is 36.3 Å². The maximum atomic E-state index is 12.6. The highest BCUT2D eigenvalue weighted by atomic mass is 35.5. The van der Waals surface area contributed by atoms with Crippen molar-refractivity contribution in [3.05, 3.63) is 91.9 Å². The molecule has 36 heavy (non-hydrogen) atoms. The molecule has 0 aliphatic carbocycles. The first-order chi connectivity index (χ1) is 17.3. The summed E-state index contributed by atoms with van der Waals surface area (Å²) < 4.78 is 1.75. The predicted octanol–water partition coefficient (Wildman–Crippen LogP) is 6.12. The number of halogens is 2. The summed E-state index contributed by atoms with van der Waals surface area (Å²) in [6.45, 7) is 4.13. The summed E-state index contributed by atoms with van der Waals surface area (Å²) in [5, 5.41) is 24.4. The smallest absolute Gasteiger partial charge is 0.270 e. The largest absolute Gasteiger partial charge is 0.301 e. The monoisotopic (exact) mass is 560 g/mol. The van der Waals surface area contributed by atoms with E-state index in [4.69, 9.17) is 23.2 Å². The van der Waals surface area contributed by atoms with Crippen LogP contribution in [0.1, 0.15) is 10.4 Å². The Balaban J connectivity index is 1.40. The Morgan fingerprint density at radius 2 is 2.08 bits per heavy atom. The van der Waals surface area contributed by atoms with Gasteiger partial charge >= 0.3 is 0 Å². The average Bonchev–Trinajstić information content (AvgIpc) is 3.46. The Hall–Kier alpha value is -3.25. The molecule has 13 heteroatoms. The summed E-state index contributed by atoms with van der Waals surface area (Å²) in [6.07, 6.45) is 3.94. The van der Waals surface area contributed by atoms with E-state index in [1.165, 1.54) is 35.2 Å². The standard InChI is InChI=1S/C23H18Cl2N6O3S2/c1-2-8-30-21(15-4-3-5-17(9-15)31(33)34)28-29-23(30)35-13-20(32)27-22-26-12-18(36-22)10-14-6-7-16(24)11-19(14)25/h2-7,9,11-12H,1,8,10,13H2,(H,26,27,32). The lowest BCUT2D eigenvalue weighted by atomic mass is 10.1. The molecule has 0 bridgehead atoms. The number of nitro benzene ring substituents is 1. The number of amides is 1. The minimum Gasteiger partial charge on any atom is -0.301 e. The first-order valence-electron chi connectivity index (χ1n) is 10.4. The van der Waals surface area contributed by atoms with Gasteiger partial charge in [-0.1, -0.05) is 59.2 Å². The van der Waals surface area contributed by atoms with Crippen LogP contribution in [-0.2, 0) is 17.8 Å². The summed E-state index contributed by atoms with van der Waals surface area (Å²) >= 11 is 14.8. The van der Waals surface area contributed by atoms with E-state index in [0.717, 1.165) is 10.4 Å². The number of allylic oxidation sites excluding steroid dienone is 1. The highest BCUT2D eigenvalue weighted by molar-refractivity contribution is 7.99. The van der Waals surface area contributed by atoms with Gasteiger partial charge in [-0.05, 0) is 17.7 Å². The van der Waals surface area contributed by atoms with Gasteiger partial charge in [-0.2, -0.15) is 0 Å². The van der Waals surface area contributed by atoms with Gasteiger partial charge in [-0.25, -0.2) is 4.98 Å². The SMILES string of the molecule is C=CCn1c(SCC(=O)Nc2ncc(Cc3ccc(Cl)cc3Cl)s2)nnc1-c1cccc([N+](=O)[O-])c1. The summed E-state index contributed by atoms with van der Waals surface area (Å²) in [6, 6.07) is 11.5. The van der Waals surface area contributed by atoms with E-state index in [2.05, 4.69) is 27.1 Å². The van der Waals surface area contributed by atoms with E-state index in [-0.39, 0.29) is 17.3 Å². The van der Waals surface area contributed by atoms with Gasteiger partial charge in [0.2, 0.25) is 5.91 Å². The summed E-state index contributed by atoms with van der Waals surface area (Å²) in [5.41, 5.74) is 1.42. The highest BCUT2D eigenvalue weighted by Crippen LogP contribution is 2.29. The third-order valence-corrected chi connectivity index (χ3v) is 7.32. The van der Waals surface area contributed by atoms with E-state index in [1.54, 1.807) is 41.1 Å². The van der Waals surface area contributed by atoms with Gasteiger partial charge < -0.3 is 5.32 Å². The lowest BCUT2D eigenvalue weighted by molar-refractivity contribution is -0.384. The van der Waals surface area contributed by atoms with Crippen LogP contribution in [0, 0.1) is 10.1 Å². The van der Waals surface area contributed by atoms with Crippen LogP contribution < -0.4 is 5.32 Å². The Kier molecular flexibility index (Phi) is 8.36. The molecule has 1 N–H and O–H groups in total. The fourth-order valence-electron chi connectivity index (χ4n) is 3.25. The number of thiazole rings is 1. The average molecular weight is 561 g/mol. The van der Waals surface area contributed by atoms with Crippen LogP contribution in [0.25, 0.3) is 11.4 Å². The van der Waals surface area contributed by atoms with Crippen LogP contribution in [0.3, 0.4) is 0 Å². The van der Waals surface area contributed by atoms with Crippen molar-refractivity contribution >= 4 is 63.0 Å². The number of benzene rings is 2. The molecule has 9 nitrogen and oxygen atoms in total. The number of non-ortho nitro benzene ring substituents is 1. The molecule has 0 spiro atoms. The topological polar surface area (TPSA) is 116 Å². The number of aromatic nitrogens is 4. The third kappa shape index (κ3) is 6.30. The molecular formula is C23H18Cl2N6O3S2. The van der Waals surface area contributed by atoms with E-state index >= 15 is 0 Å². The molecule has 4 rings (SSSR count). The van der Waals surface area contributed by atoms with Crippen molar-refractivity contribution < 1.29 is 9.72 Å². The molecular weight excluding hydrogens is 543 g/mol. The van der Waals surface area contributed by atoms with Crippen molar-refractivity contribution in [3.63, 3.8) is 0 Å². The number of nitrogens with one attached hydrogen (secondary N) is 1. The minimum atomic E-state index is -0.466. The second kappa shape index (κ2) is 11.7. The molecule has 2 aromatic carbocycles. The number of nitro groups is 1. The molecule has 0 aliphatic heterocycles. The van der Waals surface area contributed by atoms with Crippen molar-refractivity contribution in [2.45, 2.75) is 18.1 Å². The highest BCUT2D eigenvalue weighted by Gasteiger charge is 2.17. The normalized spacial score (nSPS) is 10.8. The van der Waals surface area contributed by atoms with Crippen molar-refractivity contribution in [1.29, 1.82) is 0 Å². The van der Waals surface area contributed by atoms with Crippen LogP contribution in [0.2, 0.25) is 10.0 Å². The molecule has 0 unspecified atom stereocenters. The predicted molar refractivity (Wildman–Crippen MR) is 143 cm³/mol. The lowest BCUT2D eigenvalue weighted by Gasteiger charge is -2.07. The molecule has 2 heterocycles. The molecule has 184 valence electrons. The van der Waals surface area contributed by atoms with Crippen molar-refractivity contribution in [2.24, 2.45) is 0 Å². The summed E-state index contributed by atoms with van der Waals surface area (Å²) in [5.74, 6) is 0.268. The zero-order chi connectivity index (χ0) is 25.7. The summed E-state index contributed by atoms with van der Waals surface area (Å²) in [7, 11) is 0. The second-order valence-electron chi connectivity index (χ2n) is 7.39. The van der Waals surface area contributed by atoms with Crippen LogP contribution >= 0.6 is 46.3 Å². The number of anilines is 1. The van der Waals surface area contributed by atoms with Crippen molar-refractivity contribution in [3.8, 4) is 11.4 Å². The molecule has 0 saturated heterocycles. The fourth-order valence-corrected chi connectivity index (χ4v) is 5.32. The molecule has 0 saturated carbocycles. The van der Waals surface area contributed by atoms with Crippen molar-refractivity contribution in [1.82, 2.24) is 19.7 Å². The first kappa shape index (κ1) is 25.8. The fraction of sp³-hybridized carbons (Fsp3) is 0.130. The second-order valence-corrected chi connectivity index (χ2v) is 10.3. The van der Waals surface area contributed by atoms with E-state index in [0.29, 0.717) is 44.7 Å². The molecule has 2 aromatic heterocycles. The molecule has 1 amide bonds. The van der Waals surface area contributed by atoms with Gasteiger partial charge in [0.15, 0.2) is 16.1 Å². The van der Waals surface area contributed by atoms with Crippen molar-refractivity contribution in [2.75, 3.05) is 11.1 Å². The van der Waals surface area contributed by atoms with E-state index < -0.39 is 4.92 Å². The number of thioether (sulfide) groups is 1. The minimum absolute atomic E-state index is 0.0459. The number of nitrogens with zero attached hydrogens (tertiary/aromatic N) is 5. The van der Waals surface area contributed by atoms with Gasteiger partial charge in [0, 0.05) is 51.8 Å². The number of rotatable bonds is 10. The Labute approximate surface area is 224 Å². The Morgan fingerprint density at radius 1 is 1.25 bits per heavy atom. The molecule has 0 radical (unpaired) electrons. The van der Waals surface area contributed by atoms with E-state index in [9.17, 15) is 14.9 Å². The zero-order valence-electron chi connectivity index (χ0n) is 18.6. The number of carbonyl (C=O) groups excluding carboxylic acids is 1. The van der Waals surface area contributed by atoms with Crippen LogP contribution in [0.4, 0.5) is 10.8 Å². The maximum absolute atomic E-state index is 12.6. The quantitative estimate of drug-likeness (QED) is 0.107. The molecule has 4 aromatic rings. The molecule has 0 atom stereocenters. The Morgan fingerprint density at radius 3 is 2.83 bits per heavy atom. The Bertz CT molecular complexity index is 1440. The summed E-state index contributed by atoms with van der Waals surface area (Å²) in [4.78, 5) is 28.4. The van der Waals surface area contributed by atoms with Crippen LogP contribution in [0.15, 0.2) is 66.5 Å². The van der Waals surface area contributed by atoms with Gasteiger partial charge in [0.05, 0.1) is 10.7 Å². The maximum Gasteiger partial charge on any atom is 0.270 e.